The van der Waals surface area contributed by atoms with Crippen LogP contribution in [0.15, 0.2) is 30.5 Å². The Labute approximate surface area is 120 Å². The molecule has 0 spiro atoms. The summed E-state index contributed by atoms with van der Waals surface area (Å²) in [7, 11) is 1.64. The molecule has 1 heterocycles. The van der Waals surface area contributed by atoms with Gasteiger partial charge in [-0.05, 0) is 17.7 Å². The van der Waals surface area contributed by atoms with Crippen LogP contribution in [0.5, 0.6) is 0 Å². The van der Waals surface area contributed by atoms with Gasteiger partial charge in [-0.1, -0.05) is 23.7 Å². The lowest BCUT2D eigenvalue weighted by Crippen LogP contribution is -2.31. The first-order valence-electron chi connectivity index (χ1n) is 5.87. The Kier molecular flexibility index (Phi) is 4.36. The van der Waals surface area contributed by atoms with Crippen molar-refractivity contribution in [3.63, 3.8) is 0 Å². The van der Waals surface area contributed by atoms with Gasteiger partial charge in [0.25, 0.3) is 5.91 Å². The lowest BCUT2D eigenvalue weighted by atomic mass is 10.1. The number of hydrogen-bond acceptors (Lipinski definition) is 3. The molecular formula is C13H13ClFN3O2. The zero-order valence-corrected chi connectivity index (χ0v) is 11.4. The van der Waals surface area contributed by atoms with E-state index in [2.05, 4.69) is 10.4 Å². The first-order valence-corrected chi connectivity index (χ1v) is 6.25. The Hall–Kier alpha value is -1.92. The largest absolute Gasteiger partial charge is 0.394 e. The van der Waals surface area contributed by atoms with Crippen molar-refractivity contribution in [2.45, 2.75) is 6.04 Å². The van der Waals surface area contributed by atoms with E-state index < -0.39 is 11.9 Å². The van der Waals surface area contributed by atoms with Crippen LogP contribution >= 0.6 is 11.6 Å². The third-order valence-corrected chi connectivity index (χ3v) is 3.04. The van der Waals surface area contributed by atoms with Crippen LogP contribution in [0.2, 0.25) is 5.02 Å². The van der Waals surface area contributed by atoms with Crippen LogP contribution in [0.25, 0.3) is 0 Å². The maximum atomic E-state index is 12.9. The number of aromatic nitrogens is 2. The molecule has 5 nitrogen and oxygen atoms in total. The van der Waals surface area contributed by atoms with Gasteiger partial charge in [0.1, 0.15) is 5.82 Å². The summed E-state index contributed by atoms with van der Waals surface area (Å²) < 4.78 is 14.3. The molecule has 0 aliphatic rings. The van der Waals surface area contributed by atoms with Crippen molar-refractivity contribution in [3.05, 3.63) is 52.6 Å². The average molecular weight is 298 g/mol. The fraction of sp³-hybridized carbons (Fsp3) is 0.231. The average Bonchev–Trinajstić information content (AvgIpc) is 2.76. The smallest absolute Gasteiger partial charge is 0.273 e. The number of carbonyl (C=O) groups excluding carboxylic acids is 1. The summed E-state index contributed by atoms with van der Waals surface area (Å²) in [6.07, 6.45) is 1.50. The van der Waals surface area contributed by atoms with Gasteiger partial charge >= 0.3 is 0 Å². The number of halogens is 2. The highest BCUT2D eigenvalue weighted by Crippen LogP contribution is 2.17. The van der Waals surface area contributed by atoms with Crippen LogP contribution in [0.1, 0.15) is 22.1 Å². The van der Waals surface area contributed by atoms with Crippen molar-refractivity contribution < 1.29 is 14.3 Å². The van der Waals surface area contributed by atoms with Crippen LogP contribution in [0, 0.1) is 5.82 Å². The molecule has 0 saturated heterocycles. The lowest BCUT2D eigenvalue weighted by molar-refractivity contribution is 0.0910. The Morgan fingerprint density at radius 2 is 2.15 bits per heavy atom. The fourth-order valence-electron chi connectivity index (χ4n) is 1.77. The SMILES string of the molecule is Cn1cc(Cl)c(C(=O)N[C@@H](CO)c2ccc(F)cc2)n1. The second kappa shape index (κ2) is 6.02. The van der Waals surface area contributed by atoms with Gasteiger partial charge in [-0.3, -0.25) is 9.48 Å². The van der Waals surface area contributed by atoms with E-state index in [1.165, 1.54) is 35.1 Å². The van der Waals surface area contributed by atoms with E-state index in [-0.39, 0.29) is 23.1 Å². The first-order chi connectivity index (χ1) is 9.51. The van der Waals surface area contributed by atoms with E-state index in [4.69, 9.17) is 11.6 Å². The molecule has 2 N–H and O–H groups in total. The number of amides is 1. The predicted octanol–water partition coefficient (Wildman–Crippen LogP) is 1.68. The number of nitrogens with zero attached hydrogens (tertiary/aromatic N) is 2. The van der Waals surface area contributed by atoms with Gasteiger partial charge in [-0.25, -0.2) is 4.39 Å². The highest BCUT2D eigenvalue weighted by Gasteiger charge is 2.19. The predicted molar refractivity (Wildman–Crippen MR) is 71.9 cm³/mol. The van der Waals surface area contributed by atoms with Gasteiger partial charge in [0, 0.05) is 13.2 Å². The van der Waals surface area contributed by atoms with Crippen molar-refractivity contribution in [3.8, 4) is 0 Å². The van der Waals surface area contributed by atoms with Crippen LogP contribution in [0.4, 0.5) is 4.39 Å². The molecular weight excluding hydrogens is 285 g/mol. The summed E-state index contributed by atoms with van der Waals surface area (Å²) in [5.74, 6) is -0.886. The van der Waals surface area contributed by atoms with E-state index >= 15 is 0 Å². The molecule has 1 atom stereocenters. The highest BCUT2D eigenvalue weighted by molar-refractivity contribution is 6.33. The van der Waals surface area contributed by atoms with Gasteiger partial charge in [-0.15, -0.1) is 0 Å². The summed E-state index contributed by atoms with van der Waals surface area (Å²) >= 11 is 5.88. The van der Waals surface area contributed by atoms with E-state index in [9.17, 15) is 14.3 Å². The zero-order valence-electron chi connectivity index (χ0n) is 10.7. The lowest BCUT2D eigenvalue weighted by Gasteiger charge is -2.16. The molecule has 2 aromatic rings. The van der Waals surface area contributed by atoms with Crippen LogP contribution in [0.3, 0.4) is 0 Å². The minimum absolute atomic E-state index is 0.0785. The summed E-state index contributed by atoms with van der Waals surface area (Å²) in [5, 5.41) is 16.1. The third kappa shape index (κ3) is 3.15. The van der Waals surface area contributed by atoms with E-state index in [1.54, 1.807) is 7.05 Å². The maximum Gasteiger partial charge on any atom is 0.273 e. The van der Waals surface area contributed by atoms with Crippen LogP contribution < -0.4 is 5.32 Å². The Balaban J connectivity index is 2.16. The molecule has 0 aliphatic carbocycles. The van der Waals surface area contributed by atoms with E-state index in [1.807, 2.05) is 0 Å². The molecule has 1 amide bonds. The minimum Gasteiger partial charge on any atom is -0.394 e. The second-order valence-corrected chi connectivity index (χ2v) is 4.67. The van der Waals surface area contributed by atoms with Gasteiger partial charge in [0.05, 0.1) is 17.7 Å². The molecule has 0 aliphatic heterocycles. The molecule has 0 fully saturated rings. The topological polar surface area (TPSA) is 67.2 Å². The molecule has 1 aromatic heterocycles. The van der Waals surface area contributed by atoms with Gasteiger partial charge in [-0.2, -0.15) is 5.10 Å². The zero-order chi connectivity index (χ0) is 14.7. The van der Waals surface area contributed by atoms with Crippen molar-refractivity contribution >= 4 is 17.5 Å². The normalized spacial score (nSPS) is 12.2. The molecule has 0 radical (unpaired) electrons. The summed E-state index contributed by atoms with van der Waals surface area (Å²) in [4.78, 5) is 12.0. The number of carbonyl (C=O) groups is 1. The number of aliphatic hydroxyl groups excluding tert-OH is 1. The number of benzene rings is 1. The van der Waals surface area contributed by atoms with E-state index in [0.29, 0.717) is 5.56 Å². The summed E-state index contributed by atoms with van der Waals surface area (Å²) in [6, 6.07) is 4.87. The van der Waals surface area contributed by atoms with Gasteiger partial charge < -0.3 is 10.4 Å². The van der Waals surface area contributed by atoms with Crippen molar-refractivity contribution in [1.29, 1.82) is 0 Å². The van der Waals surface area contributed by atoms with Crippen LogP contribution in [-0.2, 0) is 7.05 Å². The number of nitrogens with one attached hydrogen (secondary N) is 1. The Bertz CT molecular complexity index is 613. The molecule has 0 bridgehead atoms. The molecule has 20 heavy (non-hydrogen) atoms. The number of aryl methyl sites for hydroxylation is 1. The molecule has 106 valence electrons. The quantitative estimate of drug-likeness (QED) is 0.902. The van der Waals surface area contributed by atoms with Crippen molar-refractivity contribution in [2.24, 2.45) is 7.05 Å². The number of aliphatic hydroxyl groups is 1. The first kappa shape index (κ1) is 14.5. The minimum atomic E-state index is -0.652. The Morgan fingerprint density at radius 1 is 1.50 bits per heavy atom. The molecule has 7 heteroatoms. The summed E-state index contributed by atoms with van der Waals surface area (Å²) in [5.41, 5.74) is 0.670. The number of rotatable bonds is 4. The molecule has 1 aromatic carbocycles. The van der Waals surface area contributed by atoms with Gasteiger partial charge in [0.2, 0.25) is 0 Å². The second-order valence-electron chi connectivity index (χ2n) is 4.26. The third-order valence-electron chi connectivity index (χ3n) is 2.76. The molecule has 0 saturated carbocycles. The molecule has 0 unspecified atom stereocenters. The molecule has 2 rings (SSSR count). The van der Waals surface area contributed by atoms with E-state index in [0.717, 1.165) is 0 Å². The monoisotopic (exact) mass is 297 g/mol. The van der Waals surface area contributed by atoms with Crippen molar-refractivity contribution in [2.75, 3.05) is 6.61 Å². The van der Waals surface area contributed by atoms with Crippen molar-refractivity contribution in [1.82, 2.24) is 15.1 Å². The highest BCUT2D eigenvalue weighted by atomic mass is 35.5. The standard InChI is InChI=1S/C13H13ClFN3O2/c1-18-6-10(14)12(17-18)13(20)16-11(7-19)8-2-4-9(15)5-3-8/h2-6,11,19H,7H2,1H3,(H,16,20)/t11-/m0/s1. The maximum absolute atomic E-state index is 12.9. The fourth-order valence-corrected chi connectivity index (χ4v) is 2.03. The van der Waals surface area contributed by atoms with Gasteiger partial charge in [0.15, 0.2) is 5.69 Å². The Morgan fingerprint density at radius 3 is 2.65 bits per heavy atom. The summed E-state index contributed by atoms with van der Waals surface area (Å²) in [6.45, 7) is -0.318. The number of hydrogen-bond donors (Lipinski definition) is 2. The van der Waals surface area contributed by atoms with Crippen LogP contribution in [-0.4, -0.2) is 27.4 Å².